The molecule has 56 valence electrons. The Bertz CT molecular complexity index is 160. The van der Waals surface area contributed by atoms with Crippen LogP contribution >= 0.6 is 0 Å². The molecule has 0 atom stereocenters. The summed E-state index contributed by atoms with van der Waals surface area (Å²) in [6.07, 6.45) is 1.85. The molecule has 0 aromatic carbocycles. The molecule has 0 aliphatic rings. The fraction of sp³-hybridized carbons (Fsp3) is 0.429. The molecule has 0 radical (unpaired) electrons. The molecule has 0 aliphatic carbocycles. The molecule has 1 heterocycles. The van der Waals surface area contributed by atoms with Crippen molar-refractivity contribution >= 4 is 0 Å². The van der Waals surface area contributed by atoms with Gasteiger partial charge in [-0.05, 0) is 19.1 Å². The topological polar surface area (TPSA) is 34.2 Å². The Hall–Kier alpha value is -0.800. The van der Waals surface area contributed by atoms with E-state index >= 15 is 0 Å². The lowest BCUT2D eigenvalue weighted by Crippen LogP contribution is -1.94. The van der Waals surface area contributed by atoms with E-state index in [0.29, 0.717) is 13.2 Å². The predicted octanol–water partition coefficient (Wildman–Crippen LogP) is 1.48. The first-order valence-electron chi connectivity index (χ1n) is 3.30. The largest absolute Gasteiger partial charge is 0.363 e. The van der Waals surface area contributed by atoms with E-state index in [2.05, 4.69) is 9.87 Å². The number of nitrogens with one attached hydrogen (secondary N) is 1. The Balaban J connectivity index is 2.15. The van der Waals surface area contributed by atoms with Crippen LogP contribution in [0.5, 0.6) is 0 Å². The second kappa shape index (κ2) is 4.09. The number of aromatic nitrogens is 1. The van der Waals surface area contributed by atoms with Crippen molar-refractivity contribution in [2.75, 3.05) is 6.61 Å². The van der Waals surface area contributed by atoms with Crippen molar-refractivity contribution in [3.8, 4) is 0 Å². The molecular weight excluding hydrogens is 130 g/mol. The lowest BCUT2D eigenvalue weighted by atomic mass is 10.5. The SMILES string of the molecule is CCOOCc1ccc[nH]1. The van der Waals surface area contributed by atoms with Crippen LogP contribution in [0, 0.1) is 0 Å². The maximum absolute atomic E-state index is 4.80. The molecule has 0 bridgehead atoms. The third kappa shape index (κ3) is 2.21. The minimum absolute atomic E-state index is 0.487. The second-order valence-electron chi connectivity index (χ2n) is 1.86. The van der Waals surface area contributed by atoms with Crippen LogP contribution in [0.25, 0.3) is 0 Å². The highest BCUT2D eigenvalue weighted by atomic mass is 17.2. The number of H-pyrrole nitrogens is 1. The van der Waals surface area contributed by atoms with Gasteiger partial charge in [0.05, 0.1) is 6.61 Å². The smallest absolute Gasteiger partial charge is 0.122 e. The first-order valence-corrected chi connectivity index (χ1v) is 3.30. The molecular formula is C7H11NO2. The summed E-state index contributed by atoms with van der Waals surface area (Å²) in [5, 5.41) is 0. The lowest BCUT2D eigenvalue weighted by Gasteiger charge is -1.97. The molecule has 3 nitrogen and oxygen atoms in total. The summed E-state index contributed by atoms with van der Waals surface area (Å²) >= 11 is 0. The normalized spacial score (nSPS) is 10.1. The summed E-state index contributed by atoms with van der Waals surface area (Å²) in [4.78, 5) is 12.5. The van der Waals surface area contributed by atoms with Gasteiger partial charge < -0.3 is 4.98 Å². The predicted molar refractivity (Wildman–Crippen MR) is 37.2 cm³/mol. The molecule has 1 aromatic rings. The Labute approximate surface area is 59.9 Å². The van der Waals surface area contributed by atoms with Crippen molar-refractivity contribution in [1.82, 2.24) is 4.98 Å². The van der Waals surface area contributed by atoms with Crippen LogP contribution in [-0.4, -0.2) is 11.6 Å². The zero-order valence-corrected chi connectivity index (χ0v) is 5.96. The molecule has 1 rings (SSSR count). The van der Waals surface area contributed by atoms with Gasteiger partial charge >= 0.3 is 0 Å². The third-order valence-corrected chi connectivity index (χ3v) is 1.08. The molecule has 10 heavy (non-hydrogen) atoms. The van der Waals surface area contributed by atoms with Crippen molar-refractivity contribution in [1.29, 1.82) is 0 Å². The molecule has 0 spiro atoms. The summed E-state index contributed by atoms with van der Waals surface area (Å²) in [6.45, 7) is 2.95. The zero-order valence-electron chi connectivity index (χ0n) is 5.96. The molecule has 0 saturated heterocycles. The maximum Gasteiger partial charge on any atom is 0.122 e. The lowest BCUT2D eigenvalue weighted by molar-refractivity contribution is -0.301. The van der Waals surface area contributed by atoms with Gasteiger partial charge in [-0.3, -0.25) is 0 Å². The van der Waals surface area contributed by atoms with Gasteiger partial charge in [-0.25, -0.2) is 9.78 Å². The Morgan fingerprint density at radius 2 is 2.40 bits per heavy atom. The first-order chi connectivity index (χ1) is 4.93. The monoisotopic (exact) mass is 141 g/mol. The maximum atomic E-state index is 4.80. The van der Waals surface area contributed by atoms with Gasteiger partial charge in [-0.1, -0.05) is 0 Å². The van der Waals surface area contributed by atoms with Gasteiger partial charge in [0.1, 0.15) is 6.61 Å². The molecule has 0 saturated carbocycles. The van der Waals surface area contributed by atoms with E-state index < -0.39 is 0 Å². The number of rotatable bonds is 4. The fourth-order valence-corrected chi connectivity index (χ4v) is 0.646. The summed E-state index contributed by atoms with van der Waals surface area (Å²) < 4.78 is 0. The molecule has 1 aromatic heterocycles. The van der Waals surface area contributed by atoms with E-state index in [-0.39, 0.29) is 0 Å². The quantitative estimate of drug-likeness (QED) is 0.391. The Morgan fingerprint density at radius 3 is 3.00 bits per heavy atom. The summed E-state index contributed by atoms with van der Waals surface area (Å²) in [5.74, 6) is 0. The Kier molecular flexibility index (Phi) is 2.99. The minimum Gasteiger partial charge on any atom is -0.363 e. The van der Waals surface area contributed by atoms with Crippen LogP contribution in [-0.2, 0) is 16.4 Å². The summed E-state index contributed by atoms with van der Waals surface area (Å²) in [6, 6.07) is 3.86. The highest BCUT2D eigenvalue weighted by Crippen LogP contribution is 1.96. The first kappa shape index (κ1) is 7.31. The second-order valence-corrected chi connectivity index (χ2v) is 1.86. The average Bonchev–Trinajstić information content (AvgIpc) is 2.41. The highest BCUT2D eigenvalue weighted by molar-refractivity contribution is 5.01. The van der Waals surface area contributed by atoms with Crippen molar-refractivity contribution in [2.24, 2.45) is 0 Å². The fourth-order valence-electron chi connectivity index (χ4n) is 0.646. The van der Waals surface area contributed by atoms with E-state index in [0.717, 1.165) is 5.69 Å². The molecule has 0 fully saturated rings. The van der Waals surface area contributed by atoms with Gasteiger partial charge in [-0.2, -0.15) is 0 Å². The summed E-state index contributed by atoms with van der Waals surface area (Å²) in [7, 11) is 0. The minimum atomic E-state index is 0.487. The van der Waals surface area contributed by atoms with Crippen LogP contribution in [0.15, 0.2) is 18.3 Å². The highest BCUT2D eigenvalue weighted by Gasteiger charge is 1.90. The number of aromatic amines is 1. The van der Waals surface area contributed by atoms with E-state index in [1.54, 1.807) is 0 Å². The van der Waals surface area contributed by atoms with Crippen molar-refractivity contribution in [3.63, 3.8) is 0 Å². The van der Waals surface area contributed by atoms with Crippen LogP contribution in [0.1, 0.15) is 12.6 Å². The molecule has 0 unspecified atom stereocenters. The van der Waals surface area contributed by atoms with Crippen molar-refractivity contribution < 1.29 is 9.78 Å². The summed E-state index contributed by atoms with van der Waals surface area (Å²) in [5.41, 5.74) is 1.02. The molecule has 0 aliphatic heterocycles. The van der Waals surface area contributed by atoms with Crippen molar-refractivity contribution in [3.05, 3.63) is 24.0 Å². The molecule has 3 heteroatoms. The van der Waals surface area contributed by atoms with Gasteiger partial charge in [0, 0.05) is 11.9 Å². The van der Waals surface area contributed by atoms with Gasteiger partial charge in [0.2, 0.25) is 0 Å². The van der Waals surface area contributed by atoms with Gasteiger partial charge in [0.25, 0.3) is 0 Å². The van der Waals surface area contributed by atoms with Gasteiger partial charge in [-0.15, -0.1) is 0 Å². The van der Waals surface area contributed by atoms with E-state index in [9.17, 15) is 0 Å². The standard InChI is InChI=1S/C7H11NO2/c1-2-9-10-6-7-4-3-5-8-7/h3-5,8H,2,6H2,1H3. The average molecular weight is 141 g/mol. The third-order valence-electron chi connectivity index (χ3n) is 1.08. The van der Waals surface area contributed by atoms with E-state index in [1.807, 2.05) is 25.3 Å². The van der Waals surface area contributed by atoms with Gasteiger partial charge in [0.15, 0.2) is 0 Å². The zero-order chi connectivity index (χ0) is 7.23. The van der Waals surface area contributed by atoms with Crippen LogP contribution in [0.2, 0.25) is 0 Å². The van der Waals surface area contributed by atoms with Crippen molar-refractivity contribution in [2.45, 2.75) is 13.5 Å². The van der Waals surface area contributed by atoms with Crippen LogP contribution < -0.4 is 0 Å². The van der Waals surface area contributed by atoms with E-state index in [1.165, 1.54) is 0 Å². The number of hydrogen-bond acceptors (Lipinski definition) is 2. The van der Waals surface area contributed by atoms with E-state index in [4.69, 9.17) is 4.89 Å². The Morgan fingerprint density at radius 1 is 1.50 bits per heavy atom. The molecule has 0 amide bonds. The van der Waals surface area contributed by atoms with Crippen LogP contribution in [0.3, 0.4) is 0 Å². The molecule has 1 N–H and O–H groups in total. The number of hydrogen-bond donors (Lipinski definition) is 1. The van der Waals surface area contributed by atoms with Crippen LogP contribution in [0.4, 0.5) is 0 Å².